The number of carboxylic acid groups (broad SMARTS) is 1. The van der Waals surface area contributed by atoms with Crippen LogP contribution in [0.3, 0.4) is 0 Å². The summed E-state index contributed by atoms with van der Waals surface area (Å²) >= 11 is 0. The molecule has 0 atom stereocenters. The molecule has 3 aromatic rings. The second kappa shape index (κ2) is 9.84. The van der Waals surface area contributed by atoms with Crippen LogP contribution in [0, 0.1) is 25.6 Å². The van der Waals surface area contributed by atoms with Crippen molar-refractivity contribution in [2.45, 2.75) is 26.8 Å². The number of rotatable bonds is 7. The Hall–Kier alpha value is -3.77. The number of anilines is 3. The van der Waals surface area contributed by atoms with E-state index in [-0.39, 0.29) is 23.2 Å². The minimum absolute atomic E-state index is 0.0383. The van der Waals surface area contributed by atoms with E-state index in [4.69, 9.17) is 5.11 Å². The summed E-state index contributed by atoms with van der Waals surface area (Å²) in [4.78, 5) is 30.6. The van der Waals surface area contributed by atoms with Crippen LogP contribution in [0.5, 0.6) is 0 Å². The maximum absolute atomic E-state index is 14.6. The van der Waals surface area contributed by atoms with E-state index in [0.29, 0.717) is 44.0 Å². The summed E-state index contributed by atoms with van der Waals surface area (Å²) in [6.45, 7) is 5.85. The number of carboxylic acids is 1. The summed E-state index contributed by atoms with van der Waals surface area (Å²) in [5.41, 5.74) is 3.39. The van der Waals surface area contributed by atoms with Gasteiger partial charge in [-0.2, -0.15) is 0 Å². The second-order valence-corrected chi connectivity index (χ2v) is 11.8. The zero-order valence-electron chi connectivity index (χ0n) is 21.0. The van der Waals surface area contributed by atoms with Crippen molar-refractivity contribution in [3.8, 4) is 5.69 Å². The number of aliphatic carboxylic acids is 1. The zero-order chi connectivity index (χ0) is 27.2. The minimum Gasteiger partial charge on any atom is -0.481 e. The van der Waals surface area contributed by atoms with Gasteiger partial charge in [-0.1, -0.05) is 0 Å². The van der Waals surface area contributed by atoms with E-state index in [9.17, 15) is 22.4 Å². The number of carbonyl (C=O) groups is 1. The monoisotopic (exact) mass is 541 g/mol. The Labute approximate surface area is 219 Å². The summed E-state index contributed by atoms with van der Waals surface area (Å²) in [7, 11) is -3.45. The highest BCUT2D eigenvalue weighted by molar-refractivity contribution is 7.93. The number of aromatic nitrogens is 2. The molecule has 0 saturated carbocycles. The summed E-state index contributed by atoms with van der Waals surface area (Å²) in [5.74, 6) is -1.82. The van der Waals surface area contributed by atoms with E-state index in [1.54, 1.807) is 0 Å². The molecule has 12 heteroatoms. The van der Waals surface area contributed by atoms with E-state index < -0.39 is 27.4 Å². The van der Waals surface area contributed by atoms with Crippen LogP contribution < -0.4 is 15.2 Å². The second-order valence-electron chi connectivity index (χ2n) is 9.77. The van der Waals surface area contributed by atoms with E-state index >= 15 is 0 Å². The Morgan fingerprint density at radius 3 is 2.50 bits per heavy atom. The van der Waals surface area contributed by atoms with Crippen molar-refractivity contribution in [1.29, 1.82) is 0 Å². The number of hydrogen-bond acceptors (Lipinski definition) is 7. The highest BCUT2D eigenvalue weighted by Crippen LogP contribution is 2.29. The molecule has 5 rings (SSSR count). The third-order valence-corrected chi connectivity index (χ3v) is 8.95. The molecule has 3 heterocycles. The maximum Gasteiger partial charge on any atom is 0.309 e. The number of likely N-dealkylation sites (tertiary alicyclic amines) is 1. The smallest absolute Gasteiger partial charge is 0.309 e. The predicted molar refractivity (Wildman–Crippen MR) is 141 cm³/mol. The van der Waals surface area contributed by atoms with Crippen LogP contribution in [-0.2, 0) is 21.4 Å². The van der Waals surface area contributed by atoms with Gasteiger partial charge in [-0.15, -0.1) is 0 Å². The van der Waals surface area contributed by atoms with Gasteiger partial charge in [0.15, 0.2) is 5.82 Å². The van der Waals surface area contributed by atoms with Crippen LogP contribution in [0.1, 0.15) is 23.1 Å². The quantitative estimate of drug-likeness (QED) is 0.468. The van der Waals surface area contributed by atoms with Crippen LogP contribution in [0.4, 0.5) is 21.6 Å². The number of benzene rings is 2. The standard InChI is InChI=1S/C26H28FN5O5S/c1-16-10-20(11-17(2)21(16)15-30-13-18(14-30)26(34)35)31-8-6-28-24(25(31)33)29-23-12-19(4-5-22(23)27)32-7-3-9-38(32,36)37/h4-6,8,10-12,18H,3,7,9,13-15H2,1-2H3,(H,28,29)(H,34,35). The molecule has 0 radical (unpaired) electrons. The molecule has 200 valence electrons. The largest absolute Gasteiger partial charge is 0.481 e. The first-order valence-corrected chi connectivity index (χ1v) is 13.8. The number of nitrogens with one attached hydrogen (secondary N) is 1. The van der Waals surface area contributed by atoms with Crippen molar-refractivity contribution in [2.75, 3.05) is 35.0 Å². The van der Waals surface area contributed by atoms with Crippen LogP contribution in [-0.4, -0.2) is 59.3 Å². The zero-order valence-corrected chi connectivity index (χ0v) is 21.8. The average molecular weight is 542 g/mol. The summed E-state index contributed by atoms with van der Waals surface area (Å²) < 4.78 is 41.9. The highest BCUT2D eigenvalue weighted by atomic mass is 32.2. The molecular weight excluding hydrogens is 513 g/mol. The summed E-state index contributed by atoms with van der Waals surface area (Å²) in [5, 5.41) is 11.9. The van der Waals surface area contributed by atoms with E-state index in [1.165, 1.54) is 33.4 Å². The number of hydrogen-bond donors (Lipinski definition) is 2. The van der Waals surface area contributed by atoms with E-state index in [1.807, 2.05) is 26.0 Å². The number of sulfonamides is 1. The summed E-state index contributed by atoms with van der Waals surface area (Å²) in [6.07, 6.45) is 3.45. The average Bonchev–Trinajstić information content (AvgIpc) is 3.18. The Bertz CT molecular complexity index is 1560. The number of halogens is 1. The fourth-order valence-corrected chi connectivity index (χ4v) is 6.52. The van der Waals surface area contributed by atoms with Gasteiger partial charge in [0.2, 0.25) is 10.0 Å². The SMILES string of the molecule is Cc1cc(-n2ccnc(Nc3cc(N4CCCS4(=O)=O)ccc3F)c2=O)cc(C)c1CN1CC(C(=O)O)C1. The van der Waals surface area contributed by atoms with Crippen molar-refractivity contribution in [2.24, 2.45) is 5.92 Å². The topological polar surface area (TPSA) is 125 Å². The lowest BCUT2D eigenvalue weighted by Crippen LogP contribution is -2.49. The first-order chi connectivity index (χ1) is 18.0. The molecule has 0 unspecified atom stereocenters. The Balaban J connectivity index is 1.40. The number of aryl methyl sites for hydroxylation is 2. The van der Waals surface area contributed by atoms with Gasteiger partial charge >= 0.3 is 5.97 Å². The third kappa shape index (κ3) is 4.88. The lowest BCUT2D eigenvalue weighted by atomic mass is 9.96. The van der Waals surface area contributed by atoms with Crippen molar-refractivity contribution < 1.29 is 22.7 Å². The Morgan fingerprint density at radius 1 is 1.16 bits per heavy atom. The maximum atomic E-state index is 14.6. The van der Waals surface area contributed by atoms with E-state index in [2.05, 4.69) is 15.2 Å². The van der Waals surface area contributed by atoms with Crippen LogP contribution in [0.25, 0.3) is 5.69 Å². The third-order valence-electron chi connectivity index (χ3n) is 7.08. The van der Waals surface area contributed by atoms with E-state index in [0.717, 1.165) is 22.8 Å². The lowest BCUT2D eigenvalue weighted by Gasteiger charge is -2.37. The van der Waals surface area contributed by atoms with Crippen LogP contribution in [0.2, 0.25) is 0 Å². The van der Waals surface area contributed by atoms with Gasteiger partial charge in [0, 0.05) is 44.3 Å². The molecule has 2 N–H and O–H groups in total. The summed E-state index contributed by atoms with van der Waals surface area (Å²) in [6, 6.07) is 7.68. The normalized spacial score (nSPS) is 17.4. The highest BCUT2D eigenvalue weighted by Gasteiger charge is 2.33. The van der Waals surface area contributed by atoms with Crippen molar-refractivity contribution in [1.82, 2.24) is 14.5 Å². The predicted octanol–water partition coefficient (Wildman–Crippen LogP) is 2.79. The Kier molecular flexibility index (Phi) is 6.70. The van der Waals surface area contributed by atoms with Crippen LogP contribution >= 0.6 is 0 Å². The minimum atomic E-state index is -3.45. The van der Waals surface area contributed by atoms with Crippen molar-refractivity contribution >= 4 is 33.2 Å². The fourth-order valence-electron chi connectivity index (χ4n) is 4.96. The van der Waals surface area contributed by atoms with Gasteiger partial charge in [0.05, 0.1) is 23.0 Å². The molecule has 2 fully saturated rings. The first kappa shape index (κ1) is 25.9. The molecule has 0 amide bonds. The number of nitrogens with zero attached hydrogens (tertiary/aromatic N) is 4. The fraction of sp³-hybridized carbons (Fsp3) is 0.346. The molecule has 2 aliphatic rings. The molecule has 1 aromatic heterocycles. The molecule has 10 nitrogen and oxygen atoms in total. The molecule has 0 bridgehead atoms. The molecule has 0 aliphatic carbocycles. The molecule has 2 aromatic carbocycles. The molecule has 2 aliphatic heterocycles. The Morgan fingerprint density at radius 2 is 1.87 bits per heavy atom. The van der Waals surface area contributed by atoms with Gasteiger partial charge in [0.25, 0.3) is 5.56 Å². The van der Waals surface area contributed by atoms with Gasteiger partial charge in [-0.05, 0) is 67.3 Å². The van der Waals surface area contributed by atoms with Crippen LogP contribution in [0.15, 0.2) is 47.5 Å². The van der Waals surface area contributed by atoms with Gasteiger partial charge < -0.3 is 10.4 Å². The van der Waals surface area contributed by atoms with Gasteiger partial charge in [-0.25, -0.2) is 17.8 Å². The van der Waals surface area contributed by atoms with Gasteiger partial charge in [0.1, 0.15) is 5.82 Å². The molecular formula is C26H28FN5O5S. The lowest BCUT2D eigenvalue weighted by molar-refractivity contribution is -0.147. The molecule has 38 heavy (non-hydrogen) atoms. The molecule has 2 saturated heterocycles. The first-order valence-electron chi connectivity index (χ1n) is 12.2. The van der Waals surface area contributed by atoms with Crippen molar-refractivity contribution in [3.63, 3.8) is 0 Å². The molecule has 0 spiro atoms. The van der Waals surface area contributed by atoms with Gasteiger partial charge in [-0.3, -0.25) is 23.4 Å². The van der Waals surface area contributed by atoms with Crippen molar-refractivity contribution in [3.05, 3.63) is 75.6 Å².